The highest BCUT2D eigenvalue weighted by Gasteiger charge is 2.18. The summed E-state index contributed by atoms with van der Waals surface area (Å²) in [4.78, 5) is 13.7. The van der Waals surface area contributed by atoms with Crippen molar-refractivity contribution in [3.63, 3.8) is 0 Å². The lowest BCUT2D eigenvalue weighted by atomic mass is 10.2. The van der Waals surface area contributed by atoms with Crippen LogP contribution in [0.4, 0.5) is 0 Å². The molecule has 6 heteroatoms. The molecular weight excluding hydrogens is 304 g/mol. The Hall–Kier alpha value is -1.86. The summed E-state index contributed by atoms with van der Waals surface area (Å²) in [5.41, 5.74) is 3.46. The lowest BCUT2D eigenvalue weighted by Crippen LogP contribution is -2.45. The molecule has 0 saturated carbocycles. The minimum atomic E-state index is -0.0124. The predicted molar refractivity (Wildman–Crippen MR) is 90.9 cm³/mol. The van der Waals surface area contributed by atoms with E-state index in [0.29, 0.717) is 0 Å². The zero-order valence-corrected chi connectivity index (χ0v) is 13.8. The van der Waals surface area contributed by atoms with Gasteiger partial charge in [0.05, 0.1) is 36.0 Å². The molecule has 128 valence electrons. The van der Waals surface area contributed by atoms with E-state index in [1.165, 1.54) is 0 Å². The molecule has 1 saturated heterocycles. The van der Waals surface area contributed by atoms with Gasteiger partial charge in [-0.1, -0.05) is 12.1 Å². The molecule has 1 fully saturated rings. The van der Waals surface area contributed by atoms with Crippen LogP contribution in [0, 0.1) is 0 Å². The quantitative estimate of drug-likeness (QED) is 0.816. The van der Waals surface area contributed by atoms with E-state index >= 15 is 0 Å². The molecule has 2 N–H and O–H groups in total. The third-order valence-corrected chi connectivity index (χ3v) is 4.29. The van der Waals surface area contributed by atoms with Crippen LogP contribution in [0.5, 0.6) is 0 Å². The van der Waals surface area contributed by atoms with Gasteiger partial charge in [0.2, 0.25) is 0 Å². The second kappa shape index (κ2) is 8.30. The summed E-state index contributed by atoms with van der Waals surface area (Å²) in [6.45, 7) is 5.58. The summed E-state index contributed by atoms with van der Waals surface area (Å²) in [6.07, 6.45) is 0. The Balaban J connectivity index is 1.50. The molecule has 3 heterocycles. The van der Waals surface area contributed by atoms with E-state index in [0.717, 1.165) is 62.0 Å². The van der Waals surface area contributed by atoms with Crippen LogP contribution in [-0.2, 0) is 26.3 Å². The largest absolute Gasteiger partial charge is 0.390 e. The highest BCUT2D eigenvalue weighted by molar-refractivity contribution is 5.12. The van der Waals surface area contributed by atoms with E-state index in [4.69, 9.17) is 0 Å². The molecule has 0 atom stereocenters. The molecule has 0 aliphatic carbocycles. The molecule has 1 aliphatic rings. The molecule has 0 amide bonds. The van der Waals surface area contributed by atoms with Gasteiger partial charge in [-0.05, 0) is 24.3 Å². The van der Waals surface area contributed by atoms with Crippen LogP contribution in [0.1, 0.15) is 22.8 Å². The summed E-state index contributed by atoms with van der Waals surface area (Å²) in [5.74, 6) is 0. The first-order chi connectivity index (χ1) is 11.8. The van der Waals surface area contributed by atoms with Crippen LogP contribution in [0.2, 0.25) is 0 Å². The van der Waals surface area contributed by atoms with Gasteiger partial charge >= 0.3 is 0 Å². The number of aliphatic hydroxyl groups is 2. The summed E-state index contributed by atoms with van der Waals surface area (Å²) in [7, 11) is 0. The monoisotopic (exact) mass is 328 g/mol. The molecule has 0 bridgehead atoms. The van der Waals surface area contributed by atoms with Crippen LogP contribution in [0.3, 0.4) is 0 Å². The minimum Gasteiger partial charge on any atom is -0.390 e. The Morgan fingerprint density at radius 3 is 1.42 bits per heavy atom. The van der Waals surface area contributed by atoms with Gasteiger partial charge in [0, 0.05) is 39.3 Å². The molecule has 2 aromatic rings. The normalized spacial score (nSPS) is 16.4. The lowest BCUT2D eigenvalue weighted by molar-refractivity contribution is 0.119. The number of piperazine rings is 1. The molecule has 0 radical (unpaired) electrons. The summed E-state index contributed by atoms with van der Waals surface area (Å²) < 4.78 is 0. The Kier molecular flexibility index (Phi) is 5.87. The summed E-state index contributed by atoms with van der Waals surface area (Å²) in [5, 5.41) is 18.4. The van der Waals surface area contributed by atoms with Crippen LogP contribution in [0.15, 0.2) is 36.4 Å². The Bertz CT molecular complexity index is 599. The maximum absolute atomic E-state index is 9.18. The molecule has 2 aromatic heterocycles. The van der Waals surface area contributed by atoms with Crippen molar-refractivity contribution in [3.05, 3.63) is 59.2 Å². The van der Waals surface area contributed by atoms with Crippen LogP contribution in [0.25, 0.3) is 0 Å². The third kappa shape index (κ3) is 4.58. The maximum atomic E-state index is 9.18. The predicted octanol–water partition coefficient (Wildman–Crippen LogP) is 0.779. The van der Waals surface area contributed by atoms with Gasteiger partial charge in [-0.25, -0.2) is 0 Å². The zero-order chi connectivity index (χ0) is 16.8. The number of hydrogen-bond acceptors (Lipinski definition) is 6. The molecule has 1 aliphatic heterocycles. The Labute approximate surface area is 142 Å². The molecule has 0 unspecified atom stereocenters. The zero-order valence-electron chi connectivity index (χ0n) is 13.8. The summed E-state index contributed by atoms with van der Waals surface area (Å²) in [6, 6.07) is 11.6. The van der Waals surface area contributed by atoms with Crippen molar-refractivity contribution in [2.45, 2.75) is 26.3 Å². The number of rotatable bonds is 6. The van der Waals surface area contributed by atoms with Crippen LogP contribution < -0.4 is 0 Å². The molecule has 0 spiro atoms. The van der Waals surface area contributed by atoms with E-state index in [-0.39, 0.29) is 13.2 Å². The first-order valence-electron chi connectivity index (χ1n) is 8.33. The maximum Gasteiger partial charge on any atom is 0.0853 e. The van der Waals surface area contributed by atoms with E-state index < -0.39 is 0 Å². The first-order valence-corrected chi connectivity index (χ1v) is 8.33. The van der Waals surface area contributed by atoms with E-state index in [9.17, 15) is 10.2 Å². The van der Waals surface area contributed by atoms with Crippen LogP contribution in [-0.4, -0.2) is 56.2 Å². The standard InChI is InChI=1S/C18H24N4O2/c23-13-17-5-1-3-15(19-17)11-21-7-9-22(10-8-21)12-16-4-2-6-18(14-24)20-16/h1-6,23-24H,7-14H2. The first kappa shape index (κ1) is 17.0. The molecule has 6 nitrogen and oxygen atoms in total. The van der Waals surface area contributed by atoms with Gasteiger partial charge in [0.1, 0.15) is 0 Å². The van der Waals surface area contributed by atoms with Gasteiger partial charge in [0.15, 0.2) is 0 Å². The average Bonchev–Trinajstić information content (AvgIpc) is 2.64. The van der Waals surface area contributed by atoms with Crippen molar-refractivity contribution in [1.82, 2.24) is 19.8 Å². The Morgan fingerprint density at radius 1 is 0.667 bits per heavy atom. The van der Waals surface area contributed by atoms with Gasteiger partial charge in [0.25, 0.3) is 0 Å². The van der Waals surface area contributed by atoms with Crippen molar-refractivity contribution in [1.29, 1.82) is 0 Å². The fourth-order valence-corrected chi connectivity index (χ4v) is 2.97. The second-order valence-electron chi connectivity index (χ2n) is 6.11. The molecular formula is C18H24N4O2. The summed E-state index contributed by atoms with van der Waals surface area (Å²) >= 11 is 0. The van der Waals surface area contributed by atoms with Crippen molar-refractivity contribution in [3.8, 4) is 0 Å². The third-order valence-electron chi connectivity index (χ3n) is 4.29. The lowest BCUT2D eigenvalue weighted by Gasteiger charge is -2.34. The number of pyridine rings is 2. The van der Waals surface area contributed by atoms with E-state index in [1.807, 2.05) is 36.4 Å². The van der Waals surface area contributed by atoms with Gasteiger partial charge in [-0.2, -0.15) is 0 Å². The van der Waals surface area contributed by atoms with Gasteiger partial charge in [-0.3, -0.25) is 19.8 Å². The fourth-order valence-electron chi connectivity index (χ4n) is 2.97. The van der Waals surface area contributed by atoms with Gasteiger partial charge in [-0.15, -0.1) is 0 Å². The SMILES string of the molecule is OCc1cccc(CN2CCN(Cc3cccc(CO)n3)CC2)n1. The van der Waals surface area contributed by atoms with E-state index in [1.54, 1.807) is 0 Å². The second-order valence-corrected chi connectivity index (χ2v) is 6.11. The van der Waals surface area contributed by atoms with Crippen molar-refractivity contribution >= 4 is 0 Å². The smallest absolute Gasteiger partial charge is 0.0853 e. The highest BCUT2D eigenvalue weighted by Crippen LogP contribution is 2.11. The average molecular weight is 328 g/mol. The highest BCUT2D eigenvalue weighted by atomic mass is 16.3. The molecule has 3 rings (SSSR count). The minimum absolute atomic E-state index is 0.0124. The Morgan fingerprint density at radius 2 is 1.04 bits per heavy atom. The molecule has 0 aromatic carbocycles. The number of aliphatic hydroxyl groups excluding tert-OH is 2. The number of hydrogen-bond donors (Lipinski definition) is 2. The molecule has 24 heavy (non-hydrogen) atoms. The van der Waals surface area contributed by atoms with Crippen molar-refractivity contribution in [2.24, 2.45) is 0 Å². The number of aromatic nitrogens is 2. The van der Waals surface area contributed by atoms with Crippen molar-refractivity contribution < 1.29 is 10.2 Å². The topological polar surface area (TPSA) is 72.7 Å². The number of nitrogens with zero attached hydrogens (tertiary/aromatic N) is 4. The van der Waals surface area contributed by atoms with E-state index in [2.05, 4.69) is 19.8 Å². The van der Waals surface area contributed by atoms with Crippen LogP contribution >= 0.6 is 0 Å². The van der Waals surface area contributed by atoms with Gasteiger partial charge < -0.3 is 10.2 Å². The fraction of sp³-hybridized carbons (Fsp3) is 0.444. The van der Waals surface area contributed by atoms with Crippen molar-refractivity contribution in [2.75, 3.05) is 26.2 Å².